The zero-order chi connectivity index (χ0) is 18.7. The molecule has 0 radical (unpaired) electrons. The molecular weight excluding hydrogens is 328 g/mol. The number of amides is 1. The second-order valence-corrected chi connectivity index (χ2v) is 6.40. The lowest BCUT2D eigenvalue weighted by atomic mass is 10.1. The number of nitrogens with zero attached hydrogens (tertiary/aromatic N) is 5. The summed E-state index contributed by atoms with van der Waals surface area (Å²) in [4.78, 5) is 15.6. The molecule has 0 aliphatic heterocycles. The number of rotatable bonds is 5. The third-order valence-corrected chi connectivity index (χ3v) is 4.13. The summed E-state index contributed by atoms with van der Waals surface area (Å²) in [6.45, 7) is 3.94. The molecule has 7 nitrogen and oxygen atoms in total. The van der Waals surface area contributed by atoms with Gasteiger partial charge in [0.05, 0.1) is 0 Å². The van der Waals surface area contributed by atoms with Crippen molar-refractivity contribution in [1.29, 1.82) is 0 Å². The number of hydrogen-bond acceptors (Lipinski definition) is 5. The first kappa shape index (κ1) is 17.6. The highest BCUT2D eigenvalue weighted by atomic mass is 16.2. The second kappa shape index (κ2) is 7.35. The van der Waals surface area contributed by atoms with Gasteiger partial charge in [-0.05, 0) is 54.5 Å². The summed E-state index contributed by atoms with van der Waals surface area (Å²) in [6, 6.07) is 13.7. The Morgan fingerprint density at radius 3 is 2.35 bits per heavy atom. The van der Waals surface area contributed by atoms with Gasteiger partial charge in [-0.1, -0.05) is 18.2 Å². The Labute approximate surface area is 152 Å². The van der Waals surface area contributed by atoms with Crippen molar-refractivity contribution in [3.63, 3.8) is 0 Å². The number of aromatic nitrogens is 4. The molecule has 2 aromatic carbocycles. The Morgan fingerprint density at radius 2 is 1.73 bits per heavy atom. The summed E-state index contributed by atoms with van der Waals surface area (Å²) in [6.07, 6.45) is 0. The maximum absolute atomic E-state index is 12.3. The lowest BCUT2D eigenvalue weighted by molar-refractivity contribution is -0.117. The summed E-state index contributed by atoms with van der Waals surface area (Å²) >= 11 is 0. The molecule has 0 spiro atoms. The number of anilines is 2. The molecule has 1 heterocycles. The normalized spacial score (nSPS) is 10.6. The Morgan fingerprint density at radius 1 is 1.08 bits per heavy atom. The third-order valence-electron chi connectivity index (χ3n) is 4.13. The topological polar surface area (TPSA) is 75.9 Å². The Kier molecular flexibility index (Phi) is 4.97. The molecule has 1 N–H and O–H groups in total. The van der Waals surface area contributed by atoms with Crippen molar-refractivity contribution >= 4 is 17.3 Å². The van der Waals surface area contributed by atoms with Gasteiger partial charge in [-0.25, -0.2) is 0 Å². The maximum Gasteiger partial charge on any atom is 0.248 e. The first-order valence-electron chi connectivity index (χ1n) is 8.35. The van der Waals surface area contributed by atoms with E-state index in [0.717, 1.165) is 28.1 Å². The van der Waals surface area contributed by atoms with Gasteiger partial charge >= 0.3 is 0 Å². The fourth-order valence-corrected chi connectivity index (χ4v) is 2.65. The van der Waals surface area contributed by atoms with Gasteiger partial charge in [0, 0.05) is 31.0 Å². The molecule has 3 rings (SSSR count). The number of benzene rings is 2. The second-order valence-electron chi connectivity index (χ2n) is 6.40. The monoisotopic (exact) mass is 350 g/mol. The molecule has 1 amide bonds. The van der Waals surface area contributed by atoms with Crippen molar-refractivity contribution in [2.75, 3.05) is 24.3 Å². The average Bonchev–Trinajstić information content (AvgIpc) is 3.07. The minimum absolute atomic E-state index is 0.0105. The molecule has 0 saturated heterocycles. The van der Waals surface area contributed by atoms with Crippen LogP contribution < -0.4 is 10.2 Å². The van der Waals surface area contributed by atoms with Gasteiger partial charge in [0.1, 0.15) is 6.54 Å². The quantitative estimate of drug-likeness (QED) is 0.766. The van der Waals surface area contributed by atoms with E-state index in [1.54, 1.807) is 0 Å². The van der Waals surface area contributed by atoms with Crippen molar-refractivity contribution in [3.8, 4) is 11.4 Å². The zero-order valence-corrected chi connectivity index (χ0v) is 15.4. The predicted octanol–water partition coefficient (Wildman–Crippen LogP) is 2.66. The van der Waals surface area contributed by atoms with Crippen LogP contribution in [0.15, 0.2) is 42.5 Å². The lowest BCUT2D eigenvalue weighted by Crippen LogP contribution is -2.21. The molecule has 0 atom stereocenters. The smallest absolute Gasteiger partial charge is 0.248 e. The predicted molar refractivity (Wildman–Crippen MR) is 102 cm³/mol. The highest BCUT2D eigenvalue weighted by molar-refractivity contribution is 5.92. The fraction of sp³-hybridized carbons (Fsp3) is 0.263. The van der Waals surface area contributed by atoms with Gasteiger partial charge in [-0.2, -0.15) is 4.80 Å². The SMILES string of the molecule is Cc1cccc(C)c1NC(=O)Cn1nnc(-c2ccc(N(C)C)cc2)n1. The highest BCUT2D eigenvalue weighted by Gasteiger charge is 2.11. The van der Waals surface area contributed by atoms with E-state index < -0.39 is 0 Å². The molecule has 3 aromatic rings. The number of para-hydroxylation sites is 1. The summed E-state index contributed by atoms with van der Waals surface area (Å²) in [7, 11) is 3.97. The molecule has 7 heteroatoms. The molecule has 0 aliphatic rings. The van der Waals surface area contributed by atoms with Crippen LogP contribution in [0.4, 0.5) is 11.4 Å². The number of nitrogens with one attached hydrogen (secondary N) is 1. The van der Waals surface area contributed by atoms with E-state index in [1.165, 1.54) is 4.80 Å². The summed E-state index contributed by atoms with van der Waals surface area (Å²) < 4.78 is 0. The van der Waals surface area contributed by atoms with E-state index in [9.17, 15) is 4.79 Å². The van der Waals surface area contributed by atoms with E-state index in [0.29, 0.717) is 5.82 Å². The van der Waals surface area contributed by atoms with Crippen molar-refractivity contribution in [3.05, 3.63) is 53.6 Å². The number of aryl methyl sites for hydroxylation is 2. The number of hydrogen-bond donors (Lipinski definition) is 1. The van der Waals surface area contributed by atoms with Crippen LogP contribution in [0.3, 0.4) is 0 Å². The van der Waals surface area contributed by atoms with E-state index in [1.807, 2.05) is 75.3 Å². The molecule has 26 heavy (non-hydrogen) atoms. The minimum Gasteiger partial charge on any atom is -0.378 e. The lowest BCUT2D eigenvalue weighted by Gasteiger charge is -2.11. The van der Waals surface area contributed by atoms with Crippen LogP contribution in [0.2, 0.25) is 0 Å². The van der Waals surface area contributed by atoms with E-state index >= 15 is 0 Å². The molecule has 0 saturated carbocycles. The molecule has 134 valence electrons. The van der Waals surface area contributed by atoms with Crippen LogP contribution in [0.1, 0.15) is 11.1 Å². The minimum atomic E-state index is -0.186. The van der Waals surface area contributed by atoms with Gasteiger partial charge in [0.15, 0.2) is 0 Å². The summed E-state index contributed by atoms with van der Waals surface area (Å²) in [5.74, 6) is 0.310. The van der Waals surface area contributed by atoms with Gasteiger partial charge in [0.2, 0.25) is 11.7 Å². The molecule has 1 aromatic heterocycles. The first-order chi connectivity index (χ1) is 12.4. The van der Waals surface area contributed by atoms with E-state index in [4.69, 9.17) is 0 Å². The van der Waals surface area contributed by atoms with Gasteiger partial charge in [-0.3, -0.25) is 4.79 Å². The standard InChI is InChI=1S/C19H22N6O/c1-13-6-5-7-14(2)18(13)20-17(26)12-25-22-19(21-23-25)15-8-10-16(11-9-15)24(3)4/h5-11H,12H2,1-4H3,(H,20,26). The van der Waals surface area contributed by atoms with Crippen molar-refractivity contribution in [2.45, 2.75) is 20.4 Å². The molecular formula is C19H22N6O. The van der Waals surface area contributed by atoms with Crippen molar-refractivity contribution in [1.82, 2.24) is 20.2 Å². The number of tetrazole rings is 1. The van der Waals surface area contributed by atoms with E-state index in [-0.39, 0.29) is 12.5 Å². The largest absolute Gasteiger partial charge is 0.378 e. The van der Waals surface area contributed by atoms with Crippen LogP contribution >= 0.6 is 0 Å². The van der Waals surface area contributed by atoms with Crippen LogP contribution in [-0.2, 0) is 11.3 Å². The van der Waals surface area contributed by atoms with Crippen molar-refractivity contribution < 1.29 is 4.79 Å². The Balaban J connectivity index is 1.69. The number of carbonyl (C=O) groups is 1. The molecule has 0 aliphatic carbocycles. The van der Waals surface area contributed by atoms with Gasteiger partial charge in [0.25, 0.3) is 0 Å². The third kappa shape index (κ3) is 3.88. The van der Waals surface area contributed by atoms with Gasteiger partial charge < -0.3 is 10.2 Å². The summed E-state index contributed by atoms with van der Waals surface area (Å²) in [5.41, 5.74) is 4.82. The Hall–Kier alpha value is -3.22. The fourth-order valence-electron chi connectivity index (χ4n) is 2.65. The summed E-state index contributed by atoms with van der Waals surface area (Å²) in [5, 5.41) is 15.2. The van der Waals surface area contributed by atoms with Crippen molar-refractivity contribution in [2.24, 2.45) is 0 Å². The van der Waals surface area contributed by atoms with Crippen LogP contribution in [0.25, 0.3) is 11.4 Å². The zero-order valence-electron chi connectivity index (χ0n) is 15.4. The Bertz CT molecular complexity index is 894. The average molecular weight is 350 g/mol. The maximum atomic E-state index is 12.3. The van der Waals surface area contributed by atoms with Crippen LogP contribution in [0.5, 0.6) is 0 Å². The van der Waals surface area contributed by atoms with E-state index in [2.05, 4.69) is 20.7 Å². The highest BCUT2D eigenvalue weighted by Crippen LogP contribution is 2.20. The van der Waals surface area contributed by atoms with Crippen LogP contribution in [-0.4, -0.2) is 40.2 Å². The number of carbonyl (C=O) groups excluding carboxylic acids is 1. The first-order valence-corrected chi connectivity index (χ1v) is 8.35. The molecule has 0 unspecified atom stereocenters. The van der Waals surface area contributed by atoms with Gasteiger partial charge in [-0.15, -0.1) is 10.2 Å². The molecule has 0 fully saturated rings. The molecule has 0 bridgehead atoms. The van der Waals surface area contributed by atoms with Crippen LogP contribution in [0, 0.1) is 13.8 Å².